The SMILES string of the molecule is Cn1cc(NC(=O)c2cc(NN)ccc2[N+](=O)[O-])cn1. The van der Waals surface area contributed by atoms with E-state index >= 15 is 0 Å². The van der Waals surface area contributed by atoms with E-state index in [1.807, 2.05) is 0 Å². The van der Waals surface area contributed by atoms with Gasteiger partial charge in [0.05, 0.1) is 16.8 Å². The largest absolute Gasteiger partial charge is 0.324 e. The monoisotopic (exact) mass is 276 g/mol. The number of rotatable bonds is 4. The fraction of sp³-hybridized carbons (Fsp3) is 0.0909. The van der Waals surface area contributed by atoms with Gasteiger partial charge in [0.15, 0.2) is 0 Å². The second-order valence-corrected chi connectivity index (χ2v) is 3.99. The van der Waals surface area contributed by atoms with Crippen molar-refractivity contribution in [3.63, 3.8) is 0 Å². The minimum atomic E-state index is -0.627. The average Bonchev–Trinajstić information content (AvgIpc) is 2.83. The van der Waals surface area contributed by atoms with Gasteiger partial charge in [-0.05, 0) is 12.1 Å². The lowest BCUT2D eigenvalue weighted by Gasteiger charge is -2.06. The van der Waals surface area contributed by atoms with Crippen LogP contribution in [0.3, 0.4) is 0 Å². The summed E-state index contributed by atoms with van der Waals surface area (Å²) < 4.78 is 1.50. The van der Waals surface area contributed by atoms with E-state index in [0.717, 1.165) is 0 Å². The third-order valence-corrected chi connectivity index (χ3v) is 2.57. The van der Waals surface area contributed by atoms with Crippen LogP contribution in [0.25, 0.3) is 0 Å². The molecule has 9 nitrogen and oxygen atoms in total. The Morgan fingerprint density at radius 3 is 2.75 bits per heavy atom. The Balaban J connectivity index is 2.34. The van der Waals surface area contributed by atoms with Crippen LogP contribution in [0.1, 0.15) is 10.4 Å². The van der Waals surface area contributed by atoms with Gasteiger partial charge in [0.25, 0.3) is 11.6 Å². The molecular formula is C11H12N6O3. The number of aromatic nitrogens is 2. The molecular weight excluding hydrogens is 264 g/mol. The summed E-state index contributed by atoms with van der Waals surface area (Å²) >= 11 is 0. The number of anilines is 2. The lowest BCUT2D eigenvalue weighted by molar-refractivity contribution is -0.385. The molecule has 0 aliphatic carbocycles. The number of nitro benzene ring substituents is 1. The van der Waals surface area contributed by atoms with E-state index in [0.29, 0.717) is 11.4 Å². The van der Waals surface area contributed by atoms with Crippen molar-refractivity contribution >= 4 is 23.0 Å². The van der Waals surface area contributed by atoms with E-state index in [1.165, 1.54) is 29.1 Å². The van der Waals surface area contributed by atoms with Crippen LogP contribution in [0.4, 0.5) is 17.1 Å². The normalized spacial score (nSPS) is 10.1. The van der Waals surface area contributed by atoms with Crippen LogP contribution in [-0.2, 0) is 7.05 Å². The highest BCUT2D eigenvalue weighted by molar-refractivity contribution is 6.07. The Morgan fingerprint density at radius 2 is 2.20 bits per heavy atom. The number of hydrogen-bond acceptors (Lipinski definition) is 6. The number of hydrazine groups is 1. The number of hydrogen-bond donors (Lipinski definition) is 3. The quantitative estimate of drug-likeness (QED) is 0.431. The van der Waals surface area contributed by atoms with Gasteiger partial charge in [-0.2, -0.15) is 5.10 Å². The summed E-state index contributed by atoms with van der Waals surface area (Å²) in [6.07, 6.45) is 3.02. The molecule has 1 aromatic heterocycles. The summed E-state index contributed by atoms with van der Waals surface area (Å²) in [6.45, 7) is 0. The van der Waals surface area contributed by atoms with Crippen LogP contribution in [-0.4, -0.2) is 20.6 Å². The maximum atomic E-state index is 12.1. The van der Waals surface area contributed by atoms with Crippen molar-refractivity contribution in [2.24, 2.45) is 12.9 Å². The standard InChI is InChI=1S/C11H12N6O3/c1-16-6-8(5-13-16)14-11(18)9-4-7(15-12)2-3-10(9)17(19)20/h2-6,15H,12H2,1H3,(H,14,18). The number of carbonyl (C=O) groups excluding carboxylic acids is 1. The van der Waals surface area contributed by atoms with Gasteiger partial charge in [0.2, 0.25) is 0 Å². The van der Waals surface area contributed by atoms with Crippen LogP contribution < -0.4 is 16.6 Å². The number of carbonyl (C=O) groups is 1. The van der Waals surface area contributed by atoms with Crippen molar-refractivity contribution < 1.29 is 9.72 Å². The number of nitro groups is 1. The molecule has 1 amide bonds. The molecule has 1 heterocycles. The van der Waals surface area contributed by atoms with Crippen molar-refractivity contribution in [2.75, 3.05) is 10.7 Å². The van der Waals surface area contributed by atoms with E-state index in [9.17, 15) is 14.9 Å². The number of aryl methyl sites for hydroxylation is 1. The minimum absolute atomic E-state index is 0.0886. The van der Waals surface area contributed by atoms with Crippen LogP contribution >= 0.6 is 0 Å². The molecule has 1 aromatic carbocycles. The summed E-state index contributed by atoms with van der Waals surface area (Å²) in [5, 5.41) is 17.4. The Bertz CT molecular complexity index is 666. The third-order valence-electron chi connectivity index (χ3n) is 2.57. The predicted octanol–water partition coefficient (Wildman–Crippen LogP) is 0.866. The number of amides is 1. The zero-order valence-corrected chi connectivity index (χ0v) is 10.5. The Kier molecular flexibility index (Phi) is 3.62. The van der Waals surface area contributed by atoms with Crippen LogP contribution in [0.15, 0.2) is 30.6 Å². The van der Waals surface area contributed by atoms with E-state index in [2.05, 4.69) is 15.8 Å². The first kappa shape index (κ1) is 13.5. The number of nitrogens with one attached hydrogen (secondary N) is 2. The van der Waals surface area contributed by atoms with Crippen LogP contribution in [0.5, 0.6) is 0 Å². The fourth-order valence-electron chi connectivity index (χ4n) is 1.65. The third kappa shape index (κ3) is 2.72. The number of nitrogens with zero attached hydrogens (tertiary/aromatic N) is 3. The van der Waals surface area contributed by atoms with Crippen LogP contribution in [0, 0.1) is 10.1 Å². The van der Waals surface area contributed by atoms with E-state index in [1.54, 1.807) is 13.2 Å². The van der Waals surface area contributed by atoms with E-state index in [4.69, 9.17) is 5.84 Å². The predicted molar refractivity (Wildman–Crippen MR) is 72.1 cm³/mol. The molecule has 0 fully saturated rings. The molecule has 0 aliphatic heterocycles. The fourth-order valence-corrected chi connectivity index (χ4v) is 1.65. The first-order chi connectivity index (χ1) is 9.51. The average molecular weight is 276 g/mol. The van der Waals surface area contributed by atoms with Crippen molar-refractivity contribution in [2.45, 2.75) is 0 Å². The summed E-state index contributed by atoms with van der Waals surface area (Å²) in [5.41, 5.74) is 2.79. The maximum Gasteiger partial charge on any atom is 0.282 e. The first-order valence-corrected chi connectivity index (χ1v) is 5.56. The van der Waals surface area contributed by atoms with Crippen molar-refractivity contribution in [3.05, 3.63) is 46.3 Å². The van der Waals surface area contributed by atoms with Gasteiger partial charge in [0.1, 0.15) is 5.56 Å². The second kappa shape index (κ2) is 5.36. The van der Waals surface area contributed by atoms with Crippen molar-refractivity contribution in [3.8, 4) is 0 Å². The smallest absolute Gasteiger partial charge is 0.282 e. The highest BCUT2D eigenvalue weighted by atomic mass is 16.6. The molecule has 9 heteroatoms. The van der Waals surface area contributed by atoms with Gasteiger partial charge in [-0.25, -0.2) is 0 Å². The molecule has 0 saturated heterocycles. The van der Waals surface area contributed by atoms with Gasteiger partial charge in [-0.1, -0.05) is 0 Å². The molecule has 20 heavy (non-hydrogen) atoms. The molecule has 0 atom stereocenters. The molecule has 0 saturated carbocycles. The van der Waals surface area contributed by atoms with E-state index in [-0.39, 0.29) is 11.3 Å². The molecule has 0 aliphatic rings. The Morgan fingerprint density at radius 1 is 1.45 bits per heavy atom. The Hall–Kier alpha value is -2.94. The van der Waals surface area contributed by atoms with Crippen molar-refractivity contribution in [1.82, 2.24) is 9.78 Å². The molecule has 0 bridgehead atoms. The van der Waals surface area contributed by atoms with Gasteiger partial charge in [-0.3, -0.25) is 25.4 Å². The second-order valence-electron chi connectivity index (χ2n) is 3.99. The Labute approximate surface area is 113 Å². The summed E-state index contributed by atoms with van der Waals surface area (Å²) in [4.78, 5) is 22.4. The van der Waals surface area contributed by atoms with Gasteiger partial charge >= 0.3 is 0 Å². The summed E-state index contributed by atoms with van der Waals surface area (Å²) in [5.74, 6) is 4.63. The zero-order valence-electron chi connectivity index (χ0n) is 10.5. The van der Waals surface area contributed by atoms with Gasteiger partial charge < -0.3 is 10.7 Å². The first-order valence-electron chi connectivity index (χ1n) is 5.56. The summed E-state index contributed by atoms with van der Waals surface area (Å²) in [6, 6.07) is 3.94. The lowest BCUT2D eigenvalue weighted by atomic mass is 10.1. The molecule has 4 N–H and O–H groups in total. The maximum absolute atomic E-state index is 12.1. The van der Waals surface area contributed by atoms with Gasteiger partial charge in [-0.15, -0.1) is 0 Å². The number of nitrogen functional groups attached to an aromatic ring is 1. The van der Waals surface area contributed by atoms with Gasteiger partial charge in [0, 0.05) is 25.0 Å². The van der Waals surface area contributed by atoms with E-state index < -0.39 is 10.8 Å². The number of nitrogens with two attached hydrogens (primary N) is 1. The highest BCUT2D eigenvalue weighted by Crippen LogP contribution is 2.23. The molecule has 2 rings (SSSR count). The minimum Gasteiger partial charge on any atom is -0.324 e. The highest BCUT2D eigenvalue weighted by Gasteiger charge is 2.21. The topological polar surface area (TPSA) is 128 Å². The summed E-state index contributed by atoms with van der Waals surface area (Å²) in [7, 11) is 1.69. The molecule has 0 radical (unpaired) electrons. The molecule has 0 unspecified atom stereocenters. The van der Waals surface area contributed by atoms with Crippen LogP contribution in [0.2, 0.25) is 0 Å². The zero-order chi connectivity index (χ0) is 14.7. The number of benzene rings is 1. The molecule has 2 aromatic rings. The molecule has 104 valence electrons. The molecule has 0 spiro atoms. The lowest BCUT2D eigenvalue weighted by Crippen LogP contribution is -2.15. The van der Waals surface area contributed by atoms with Crippen molar-refractivity contribution in [1.29, 1.82) is 0 Å².